The molecule has 1 N–H and O–H groups in total. The molecule has 0 spiro atoms. The molecule has 2 amide bonds. The zero-order chi connectivity index (χ0) is 13.4. The predicted molar refractivity (Wildman–Crippen MR) is 70.7 cm³/mol. The van der Waals surface area contributed by atoms with E-state index in [1.807, 2.05) is 37.3 Å². The second-order valence-electron chi connectivity index (χ2n) is 3.82. The van der Waals surface area contributed by atoms with Gasteiger partial charge in [0.25, 0.3) is 0 Å². The third kappa shape index (κ3) is 4.41. The van der Waals surface area contributed by atoms with Crippen molar-refractivity contribution in [3.63, 3.8) is 0 Å². The molecule has 18 heavy (non-hydrogen) atoms. The highest BCUT2D eigenvalue weighted by molar-refractivity contribution is 5.90. The van der Waals surface area contributed by atoms with Crippen LogP contribution in [0.4, 0.5) is 0 Å². The Morgan fingerprint density at radius 3 is 2.56 bits per heavy atom. The Morgan fingerprint density at radius 1 is 1.33 bits per heavy atom. The summed E-state index contributed by atoms with van der Waals surface area (Å²) in [5.74, 6) is -0.435. The normalized spacial score (nSPS) is 9.61. The van der Waals surface area contributed by atoms with Gasteiger partial charge in [-0.2, -0.15) is 0 Å². The molecule has 1 aromatic rings. The number of benzene rings is 1. The number of hydrogen-bond donors (Lipinski definition) is 1. The molecule has 0 heterocycles. The minimum atomic E-state index is -0.334. The summed E-state index contributed by atoms with van der Waals surface area (Å²) in [6, 6.07) is 9.75. The molecule has 0 fully saturated rings. The summed E-state index contributed by atoms with van der Waals surface area (Å²) in [6.07, 6.45) is 1.15. The third-order valence-corrected chi connectivity index (χ3v) is 2.55. The van der Waals surface area contributed by atoms with Crippen LogP contribution in [0.2, 0.25) is 0 Å². The lowest BCUT2D eigenvalue weighted by molar-refractivity contribution is -0.132. The number of likely N-dealkylation sites (N-methyl/N-ethyl adjacent to an activating group) is 1. The number of nitrogens with one attached hydrogen (secondary N) is 1. The molecule has 0 aliphatic rings. The van der Waals surface area contributed by atoms with E-state index in [0.29, 0.717) is 13.1 Å². The summed E-state index contributed by atoms with van der Waals surface area (Å²) in [5.41, 5.74) is 1.07. The largest absolute Gasteiger partial charge is 0.343 e. The van der Waals surface area contributed by atoms with Gasteiger partial charge in [-0.05, 0) is 18.6 Å². The molecule has 1 aromatic carbocycles. The maximum Gasteiger partial charge on any atom is 0.243 e. The molecular formula is C14H18N2O2. The second kappa shape index (κ2) is 7.27. The van der Waals surface area contributed by atoms with Crippen LogP contribution in [0, 0.1) is 0 Å². The Morgan fingerprint density at radius 2 is 2.00 bits per heavy atom. The molecule has 4 heteroatoms. The Bertz CT molecular complexity index is 415. The van der Waals surface area contributed by atoms with Crippen molar-refractivity contribution in [1.82, 2.24) is 10.2 Å². The van der Waals surface area contributed by atoms with Crippen molar-refractivity contribution in [2.75, 3.05) is 13.1 Å². The highest BCUT2D eigenvalue weighted by atomic mass is 16.2. The fraction of sp³-hybridized carbons (Fsp3) is 0.286. The maximum absolute atomic E-state index is 11.9. The number of hydrogen-bond acceptors (Lipinski definition) is 2. The zero-order valence-electron chi connectivity index (χ0n) is 10.6. The van der Waals surface area contributed by atoms with Gasteiger partial charge >= 0.3 is 0 Å². The van der Waals surface area contributed by atoms with Crippen molar-refractivity contribution in [1.29, 1.82) is 0 Å². The first-order valence-electron chi connectivity index (χ1n) is 5.89. The molecule has 4 nitrogen and oxygen atoms in total. The molecule has 1 rings (SSSR count). The molecule has 0 bridgehead atoms. The van der Waals surface area contributed by atoms with Crippen LogP contribution in [0.25, 0.3) is 0 Å². The SMILES string of the molecule is C=CC(=O)NCC(=O)N(CC)Cc1ccccc1. The van der Waals surface area contributed by atoms with E-state index >= 15 is 0 Å². The zero-order valence-corrected chi connectivity index (χ0v) is 10.6. The van der Waals surface area contributed by atoms with Gasteiger partial charge in [0.2, 0.25) is 11.8 Å². The average Bonchev–Trinajstić information content (AvgIpc) is 2.42. The molecule has 0 aliphatic heterocycles. The lowest BCUT2D eigenvalue weighted by atomic mass is 10.2. The molecule has 0 aromatic heterocycles. The van der Waals surface area contributed by atoms with Crippen molar-refractivity contribution in [3.05, 3.63) is 48.6 Å². The van der Waals surface area contributed by atoms with Gasteiger partial charge in [-0.1, -0.05) is 36.9 Å². The van der Waals surface area contributed by atoms with Gasteiger partial charge in [0, 0.05) is 13.1 Å². The van der Waals surface area contributed by atoms with Crippen molar-refractivity contribution in [2.24, 2.45) is 0 Å². The van der Waals surface area contributed by atoms with Gasteiger partial charge in [0.15, 0.2) is 0 Å². The second-order valence-corrected chi connectivity index (χ2v) is 3.82. The number of amides is 2. The molecule has 0 unspecified atom stereocenters. The van der Waals surface area contributed by atoms with Crippen LogP contribution in [-0.2, 0) is 16.1 Å². The van der Waals surface area contributed by atoms with E-state index in [2.05, 4.69) is 11.9 Å². The van der Waals surface area contributed by atoms with Gasteiger partial charge < -0.3 is 10.2 Å². The van der Waals surface area contributed by atoms with Crippen LogP contribution in [0.15, 0.2) is 43.0 Å². The monoisotopic (exact) mass is 246 g/mol. The van der Waals surface area contributed by atoms with Crippen LogP contribution >= 0.6 is 0 Å². The molecule has 96 valence electrons. The lowest BCUT2D eigenvalue weighted by Gasteiger charge is -2.21. The predicted octanol–water partition coefficient (Wildman–Crippen LogP) is 1.34. The summed E-state index contributed by atoms with van der Waals surface area (Å²) >= 11 is 0. The summed E-state index contributed by atoms with van der Waals surface area (Å²) in [7, 11) is 0. The Kier molecular flexibility index (Phi) is 5.64. The highest BCUT2D eigenvalue weighted by Crippen LogP contribution is 2.04. The van der Waals surface area contributed by atoms with Gasteiger partial charge in [-0.15, -0.1) is 0 Å². The number of carbonyl (C=O) groups excluding carboxylic acids is 2. The van der Waals surface area contributed by atoms with E-state index in [1.165, 1.54) is 0 Å². The molecule has 0 saturated heterocycles. The first-order valence-corrected chi connectivity index (χ1v) is 5.89. The molecule has 0 saturated carbocycles. The van der Waals surface area contributed by atoms with E-state index in [-0.39, 0.29) is 18.4 Å². The van der Waals surface area contributed by atoms with E-state index < -0.39 is 0 Å². The smallest absolute Gasteiger partial charge is 0.243 e. The fourth-order valence-electron chi connectivity index (χ4n) is 1.53. The molecule has 0 atom stereocenters. The first kappa shape index (κ1) is 14.0. The van der Waals surface area contributed by atoms with Crippen molar-refractivity contribution < 1.29 is 9.59 Å². The topological polar surface area (TPSA) is 49.4 Å². The molecule has 0 aliphatic carbocycles. The van der Waals surface area contributed by atoms with Crippen molar-refractivity contribution in [3.8, 4) is 0 Å². The Labute approximate surface area is 107 Å². The Hall–Kier alpha value is -2.10. The van der Waals surface area contributed by atoms with Crippen molar-refractivity contribution >= 4 is 11.8 Å². The average molecular weight is 246 g/mol. The number of carbonyl (C=O) groups is 2. The quantitative estimate of drug-likeness (QED) is 0.770. The fourth-order valence-corrected chi connectivity index (χ4v) is 1.53. The van der Waals surface area contributed by atoms with Crippen LogP contribution in [0.5, 0.6) is 0 Å². The maximum atomic E-state index is 11.9. The standard InChI is InChI=1S/C14H18N2O2/c1-3-13(17)15-10-14(18)16(4-2)11-12-8-6-5-7-9-12/h3,5-9H,1,4,10-11H2,2H3,(H,15,17). The van der Waals surface area contributed by atoms with Crippen LogP contribution in [-0.4, -0.2) is 29.8 Å². The van der Waals surface area contributed by atoms with Crippen LogP contribution < -0.4 is 5.32 Å². The number of rotatable bonds is 6. The molecular weight excluding hydrogens is 228 g/mol. The first-order chi connectivity index (χ1) is 8.67. The summed E-state index contributed by atoms with van der Waals surface area (Å²) in [4.78, 5) is 24.6. The summed E-state index contributed by atoms with van der Waals surface area (Å²) < 4.78 is 0. The van der Waals surface area contributed by atoms with Gasteiger partial charge in [-0.25, -0.2) is 0 Å². The van der Waals surface area contributed by atoms with E-state index in [1.54, 1.807) is 4.90 Å². The number of nitrogens with zero attached hydrogens (tertiary/aromatic N) is 1. The van der Waals surface area contributed by atoms with Crippen molar-refractivity contribution in [2.45, 2.75) is 13.5 Å². The van der Waals surface area contributed by atoms with Crippen LogP contribution in [0.1, 0.15) is 12.5 Å². The van der Waals surface area contributed by atoms with Gasteiger partial charge in [-0.3, -0.25) is 9.59 Å². The van der Waals surface area contributed by atoms with E-state index in [0.717, 1.165) is 11.6 Å². The van der Waals surface area contributed by atoms with Crippen LogP contribution in [0.3, 0.4) is 0 Å². The third-order valence-electron chi connectivity index (χ3n) is 2.55. The molecule has 0 radical (unpaired) electrons. The summed E-state index contributed by atoms with van der Waals surface area (Å²) in [6.45, 7) is 6.42. The minimum Gasteiger partial charge on any atom is -0.343 e. The van der Waals surface area contributed by atoms with Gasteiger partial charge in [0.05, 0.1) is 6.54 Å². The van der Waals surface area contributed by atoms with E-state index in [4.69, 9.17) is 0 Å². The van der Waals surface area contributed by atoms with Gasteiger partial charge in [0.1, 0.15) is 0 Å². The van der Waals surface area contributed by atoms with E-state index in [9.17, 15) is 9.59 Å². The highest BCUT2D eigenvalue weighted by Gasteiger charge is 2.12. The Balaban J connectivity index is 2.52. The summed E-state index contributed by atoms with van der Waals surface area (Å²) in [5, 5.41) is 2.48. The lowest BCUT2D eigenvalue weighted by Crippen LogP contribution is -2.39. The minimum absolute atomic E-state index is 0.00548.